The van der Waals surface area contributed by atoms with Gasteiger partial charge in [0.15, 0.2) is 18.9 Å². The molecule has 20 nitrogen and oxygen atoms in total. The molecule has 0 bridgehead atoms. The van der Waals surface area contributed by atoms with Crippen LogP contribution in [0.4, 0.5) is 0 Å². The van der Waals surface area contributed by atoms with E-state index in [0.717, 1.165) is 6.42 Å². The van der Waals surface area contributed by atoms with Crippen molar-refractivity contribution in [2.45, 2.75) is 117 Å². The molecule has 2 saturated heterocycles. The zero-order valence-corrected chi connectivity index (χ0v) is 26.6. The molecule has 0 spiro atoms. The molecule has 3 aliphatic heterocycles. The molecule has 1 aliphatic carbocycles. The minimum absolute atomic E-state index is 0.0270. The maximum atomic E-state index is 12.5. The van der Waals surface area contributed by atoms with Crippen LogP contribution in [-0.4, -0.2) is 180 Å². The van der Waals surface area contributed by atoms with E-state index in [1.807, 2.05) is 0 Å². The molecule has 1 unspecified atom stereocenters. The van der Waals surface area contributed by atoms with Crippen LogP contribution in [0.15, 0.2) is 12.2 Å². The molecule has 0 radical (unpaired) electrons. The highest BCUT2D eigenvalue weighted by molar-refractivity contribution is 5.81. The fourth-order valence-electron chi connectivity index (χ4n) is 6.01. The zero-order valence-electron chi connectivity index (χ0n) is 26.6. The molecule has 1 amide bonds. The number of hydrogen-bond donors (Lipinski definition) is 13. The topological polar surface area (TPSA) is 348 Å². The number of hydrogen-bond acceptors (Lipinski definition) is 19. The SMILES string of the molecule is NCCCNC[C@@H]1C=C[C@@H](N)[C@@H](O[C@H]2[C@H](O[C@@H]3O[C@H](CO)[C@@H](O[C@H]4OC[C@@H](O)[C@H](O)[C@H]4N)[C@H]3O)[C@@H](O)[C@H](NC(=O)C(O)CN)C[C@@H]2N)O1. The fraction of sp³-hybridized carbons (Fsp3) is 0.893. The highest BCUT2D eigenvalue weighted by Crippen LogP contribution is 2.33. The third-order valence-corrected chi connectivity index (χ3v) is 8.83. The van der Waals surface area contributed by atoms with Gasteiger partial charge in [-0.15, -0.1) is 0 Å². The van der Waals surface area contributed by atoms with Crippen molar-refractivity contribution in [1.29, 1.82) is 0 Å². The number of nitrogens with one attached hydrogen (secondary N) is 2. The molecule has 0 aromatic heterocycles. The molecule has 0 aromatic rings. The molecule has 48 heavy (non-hydrogen) atoms. The number of ether oxygens (including phenoxy) is 6. The second-order valence-corrected chi connectivity index (χ2v) is 12.5. The number of aliphatic hydroxyl groups is 6. The first-order chi connectivity index (χ1) is 22.9. The molecule has 278 valence electrons. The van der Waals surface area contributed by atoms with Gasteiger partial charge in [0.1, 0.15) is 54.9 Å². The molecule has 4 rings (SSSR count). The highest BCUT2D eigenvalue weighted by Gasteiger charge is 2.53. The molecule has 3 heterocycles. The average molecular weight is 696 g/mol. The van der Waals surface area contributed by atoms with Crippen molar-refractivity contribution in [3.63, 3.8) is 0 Å². The summed E-state index contributed by atoms with van der Waals surface area (Å²) in [5, 5.41) is 68.5. The van der Waals surface area contributed by atoms with Gasteiger partial charge in [0.25, 0.3) is 0 Å². The Kier molecular flexibility index (Phi) is 14.8. The first kappa shape index (κ1) is 39.3. The molecule has 1 saturated carbocycles. The first-order valence-electron chi connectivity index (χ1n) is 16.2. The summed E-state index contributed by atoms with van der Waals surface area (Å²) in [5.41, 5.74) is 29.7. The molecular weight excluding hydrogens is 642 g/mol. The quantitative estimate of drug-likeness (QED) is 0.0558. The van der Waals surface area contributed by atoms with E-state index < -0.39 is 117 Å². The van der Waals surface area contributed by atoms with Gasteiger partial charge in [-0.25, -0.2) is 0 Å². The molecule has 0 aromatic carbocycles. The molecule has 3 fully saturated rings. The minimum Gasteiger partial charge on any atom is -0.394 e. The molecular formula is C28H53N7O13. The van der Waals surface area contributed by atoms with Crippen LogP contribution in [0, 0.1) is 0 Å². The van der Waals surface area contributed by atoms with E-state index in [-0.39, 0.29) is 19.6 Å². The van der Waals surface area contributed by atoms with E-state index in [1.165, 1.54) is 0 Å². The van der Waals surface area contributed by atoms with Crippen LogP contribution in [0.2, 0.25) is 0 Å². The number of carbonyl (C=O) groups is 1. The minimum atomic E-state index is -1.61. The Bertz CT molecular complexity index is 1040. The number of aliphatic hydroxyl groups excluding tert-OH is 6. The standard InChI is InChI=1S/C28H53N7O13/c29-4-1-5-34-8-11-2-3-12(31)26(44-11)46-22-13(32)6-14(35-25(42)15(37)7-30)19(39)24(22)48-28-21(41)23(17(9-36)45-28)47-27-18(33)20(40)16(38)10-43-27/h2-3,11-24,26-28,34,36-41H,1,4-10,29-33H2,(H,35,42)/t11-,12+,13-,14+,15?,16+,17+,18+,19-,20-,21+,22+,23+,24+,26+,27+,28-/m0/s1. The van der Waals surface area contributed by atoms with Crippen molar-refractivity contribution in [1.82, 2.24) is 10.6 Å². The maximum absolute atomic E-state index is 12.5. The van der Waals surface area contributed by atoms with Crippen LogP contribution in [-0.2, 0) is 33.2 Å². The Morgan fingerprint density at radius 1 is 0.917 bits per heavy atom. The third kappa shape index (κ3) is 9.42. The van der Waals surface area contributed by atoms with Crippen LogP contribution in [0.5, 0.6) is 0 Å². The van der Waals surface area contributed by atoms with Gasteiger partial charge in [0.05, 0.1) is 37.4 Å². The summed E-state index contributed by atoms with van der Waals surface area (Å²) in [5.74, 6) is -0.846. The van der Waals surface area contributed by atoms with Crippen molar-refractivity contribution in [2.75, 3.05) is 39.4 Å². The Hall–Kier alpha value is -1.51. The van der Waals surface area contributed by atoms with Gasteiger partial charge >= 0.3 is 0 Å². The largest absolute Gasteiger partial charge is 0.394 e. The Labute approximate surface area is 277 Å². The summed E-state index contributed by atoms with van der Waals surface area (Å²) in [6.45, 7) is 0.338. The lowest BCUT2D eigenvalue weighted by atomic mass is 9.83. The van der Waals surface area contributed by atoms with Gasteiger partial charge in [0.2, 0.25) is 5.91 Å². The van der Waals surface area contributed by atoms with Crippen molar-refractivity contribution < 1.29 is 63.9 Å². The lowest BCUT2D eigenvalue weighted by molar-refractivity contribution is -0.280. The zero-order chi connectivity index (χ0) is 35.1. The smallest absolute Gasteiger partial charge is 0.250 e. The summed E-state index contributed by atoms with van der Waals surface area (Å²) in [4.78, 5) is 12.5. The van der Waals surface area contributed by atoms with E-state index in [0.29, 0.717) is 19.6 Å². The number of rotatable bonds is 15. The first-order valence-corrected chi connectivity index (χ1v) is 16.2. The van der Waals surface area contributed by atoms with Crippen molar-refractivity contribution in [2.24, 2.45) is 28.7 Å². The van der Waals surface area contributed by atoms with Crippen LogP contribution < -0.4 is 39.3 Å². The summed E-state index contributed by atoms with van der Waals surface area (Å²) in [7, 11) is 0. The monoisotopic (exact) mass is 695 g/mol. The lowest BCUT2D eigenvalue weighted by Crippen LogP contribution is -2.67. The fourth-order valence-corrected chi connectivity index (χ4v) is 6.01. The predicted octanol–water partition coefficient (Wildman–Crippen LogP) is -7.93. The molecule has 18 N–H and O–H groups in total. The summed E-state index contributed by atoms with van der Waals surface area (Å²) < 4.78 is 35.4. The summed E-state index contributed by atoms with van der Waals surface area (Å²) >= 11 is 0. The van der Waals surface area contributed by atoms with E-state index in [1.54, 1.807) is 12.2 Å². The molecule has 20 heteroatoms. The van der Waals surface area contributed by atoms with Crippen LogP contribution in [0.25, 0.3) is 0 Å². The van der Waals surface area contributed by atoms with Crippen LogP contribution in [0.1, 0.15) is 12.8 Å². The van der Waals surface area contributed by atoms with Crippen molar-refractivity contribution in [3.05, 3.63) is 12.2 Å². The lowest BCUT2D eigenvalue weighted by Gasteiger charge is -2.46. The van der Waals surface area contributed by atoms with Crippen molar-refractivity contribution in [3.8, 4) is 0 Å². The number of carbonyl (C=O) groups excluding carboxylic acids is 1. The van der Waals surface area contributed by atoms with Crippen LogP contribution >= 0.6 is 0 Å². The summed E-state index contributed by atoms with van der Waals surface area (Å²) in [6.07, 6.45) is -12.4. The Morgan fingerprint density at radius 3 is 2.31 bits per heavy atom. The van der Waals surface area contributed by atoms with E-state index in [4.69, 9.17) is 57.1 Å². The summed E-state index contributed by atoms with van der Waals surface area (Å²) in [6, 6.07) is -3.90. The second kappa shape index (κ2) is 18.1. The molecule has 4 aliphatic rings. The van der Waals surface area contributed by atoms with Gasteiger partial charge in [-0.3, -0.25) is 4.79 Å². The van der Waals surface area contributed by atoms with E-state index in [9.17, 15) is 35.4 Å². The van der Waals surface area contributed by atoms with E-state index >= 15 is 0 Å². The van der Waals surface area contributed by atoms with Gasteiger partial charge in [-0.1, -0.05) is 12.2 Å². The van der Waals surface area contributed by atoms with Gasteiger partial charge in [-0.2, -0.15) is 0 Å². The van der Waals surface area contributed by atoms with Gasteiger partial charge in [0, 0.05) is 19.1 Å². The van der Waals surface area contributed by atoms with Crippen molar-refractivity contribution >= 4 is 5.91 Å². The Morgan fingerprint density at radius 2 is 1.62 bits per heavy atom. The maximum Gasteiger partial charge on any atom is 0.250 e. The third-order valence-electron chi connectivity index (χ3n) is 8.83. The van der Waals surface area contributed by atoms with Gasteiger partial charge in [-0.05, 0) is 25.9 Å². The van der Waals surface area contributed by atoms with Gasteiger partial charge < -0.3 is 98.4 Å². The second-order valence-electron chi connectivity index (χ2n) is 12.5. The average Bonchev–Trinajstić information content (AvgIpc) is 3.37. The molecule has 17 atom stereocenters. The predicted molar refractivity (Wildman–Crippen MR) is 164 cm³/mol. The van der Waals surface area contributed by atoms with E-state index in [2.05, 4.69) is 10.6 Å². The number of nitrogens with two attached hydrogens (primary N) is 5. The normalized spacial score (nSPS) is 44.1. The Balaban J connectivity index is 1.52. The highest BCUT2D eigenvalue weighted by atomic mass is 16.8. The van der Waals surface area contributed by atoms with Crippen LogP contribution in [0.3, 0.4) is 0 Å². The number of amides is 1.